The highest BCUT2D eigenvalue weighted by Crippen LogP contribution is 2.21. The number of hydrogen-bond acceptors (Lipinski definition) is 7. The lowest BCUT2D eigenvalue weighted by molar-refractivity contribution is 0.674. The zero-order chi connectivity index (χ0) is 17.8. The van der Waals surface area contributed by atoms with Crippen LogP contribution in [0.3, 0.4) is 0 Å². The molecule has 25 heavy (non-hydrogen) atoms. The molecule has 3 rings (SSSR count). The molecule has 0 aromatic carbocycles. The highest BCUT2D eigenvalue weighted by molar-refractivity contribution is 6.31. The Labute approximate surface area is 150 Å². The summed E-state index contributed by atoms with van der Waals surface area (Å²) < 4.78 is 1.65. The molecule has 0 amide bonds. The molecule has 1 unspecified atom stereocenters. The third-order valence-corrected chi connectivity index (χ3v) is 3.90. The molecule has 0 fully saturated rings. The number of nitrogen functional groups attached to an aromatic ring is 1. The maximum absolute atomic E-state index is 6.39. The minimum atomic E-state index is 0.0894. The standard InChI is InChI=1S/C16H19ClN8/c1-10-3-5-13(12(17)7-8-20-23-10)21-16-22-15(24-25(16)2)11-4-6-14(18)19-9-11/h3-6,8-10,23H,7H2,1-2H3,(H2,18,19)(H,21,22,24)/b5-3-,13-12-,20-8-. The Balaban J connectivity index is 1.88. The largest absolute Gasteiger partial charge is 0.384 e. The van der Waals surface area contributed by atoms with Crippen LogP contribution in [0.5, 0.6) is 0 Å². The first-order valence-corrected chi connectivity index (χ1v) is 8.14. The van der Waals surface area contributed by atoms with Gasteiger partial charge in [0, 0.05) is 36.5 Å². The predicted octanol–water partition coefficient (Wildman–Crippen LogP) is 2.25. The van der Waals surface area contributed by atoms with Gasteiger partial charge in [-0.2, -0.15) is 10.1 Å². The minimum absolute atomic E-state index is 0.0894. The van der Waals surface area contributed by atoms with Crippen molar-refractivity contribution in [3.63, 3.8) is 0 Å². The summed E-state index contributed by atoms with van der Waals surface area (Å²) in [6.45, 7) is 2.00. The summed E-state index contributed by atoms with van der Waals surface area (Å²) in [6, 6.07) is 3.64. The summed E-state index contributed by atoms with van der Waals surface area (Å²) in [4.78, 5) is 8.59. The Kier molecular flexibility index (Phi) is 4.99. The third-order valence-electron chi connectivity index (χ3n) is 3.54. The first-order valence-electron chi connectivity index (χ1n) is 7.77. The lowest BCUT2D eigenvalue weighted by Gasteiger charge is -2.08. The molecule has 0 saturated carbocycles. The summed E-state index contributed by atoms with van der Waals surface area (Å²) in [7, 11) is 1.81. The van der Waals surface area contributed by atoms with E-state index in [0.717, 1.165) is 11.3 Å². The Morgan fingerprint density at radius 2 is 2.24 bits per heavy atom. The van der Waals surface area contributed by atoms with Gasteiger partial charge in [-0.3, -0.25) is 0 Å². The van der Waals surface area contributed by atoms with E-state index in [2.05, 4.69) is 30.9 Å². The molecule has 130 valence electrons. The van der Waals surface area contributed by atoms with E-state index in [9.17, 15) is 0 Å². The first-order chi connectivity index (χ1) is 12.0. The smallest absolute Gasteiger partial charge is 0.225 e. The molecule has 3 heterocycles. The highest BCUT2D eigenvalue weighted by atomic mass is 35.5. The van der Waals surface area contributed by atoms with E-state index in [-0.39, 0.29) is 6.04 Å². The second-order valence-electron chi connectivity index (χ2n) is 5.59. The van der Waals surface area contributed by atoms with Gasteiger partial charge in [0.2, 0.25) is 5.95 Å². The molecule has 1 aliphatic heterocycles. The van der Waals surface area contributed by atoms with Crippen molar-refractivity contribution < 1.29 is 0 Å². The first kappa shape index (κ1) is 17.0. The van der Waals surface area contributed by atoms with E-state index < -0.39 is 0 Å². The van der Waals surface area contributed by atoms with Crippen molar-refractivity contribution in [3.8, 4) is 11.4 Å². The predicted molar refractivity (Wildman–Crippen MR) is 100.0 cm³/mol. The fourth-order valence-electron chi connectivity index (χ4n) is 2.16. The monoisotopic (exact) mass is 358 g/mol. The summed E-state index contributed by atoms with van der Waals surface area (Å²) in [5.41, 5.74) is 10.1. The Bertz CT molecular complexity index is 834. The van der Waals surface area contributed by atoms with Crippen LogP contribution in [0.25, 0.3) is 11.4 Å². The van der Waals surface area contributed by atoms with Crippen LogP contribution in [0.2, 0.25) is 0 Å². The van der Waals surface area contributed by atoms with Crippen LogP contribution in [0.15, 0.2) is 46.3 Å². The summed E-state index contributed by atoms with van der Waals surface area (Å²) in [5, 5.41) is 12.4. The average Bonchev–Trinajstić information content (AvgIpc) is 2.98. The number of pyridine rings is 1. The van der Waals surface area contributed by atoms with Crippen molar-refractivity contribution in [1.29, 1.82) is 0 Å². The lowest BCUT2D eigenvalue weighted by Crippen LogP contribution is -2.17. The molecule has 1 atom stereocenters. The number of allylic oxidation sites excluding steroid dienone is 2. The maximum atomic E-state index is 6.39. The molecule has 4 N–H and O–H groups in total. The summed E-state index contributed by atoms with van der Waals surface area (Å²) >= 11 is 6.39. The van der Waals surface area contributed by atoms with Gasteiger partial charge in [0.1, 0.15) is 5.82 Å². The minimum Gasteiger partial charge on any atom is -0.384 e. The number of rotatable bonds is 3. The summed E-state index contributed by atoms with van der Waals surface area (Å²) in [5.74, 6) is 1.58. The molecule has 2 aromatic rings. The van der Waals surface area contributed by atoms with Crippen molar-refractivity contribution in [3.05, 3.63) is 41.2 Å². The molecule has 0 aliphatic carbocycles. The van der Waals surface area contributed by atoms with Gasteiger partial charge in [0.05, 0.1) is 11.7 Å². The van der Waals surface area contributed by atoms with Crippen LogP contribution in [0.1, 0.15) is 13.3 Å². The van der Waals surface area contributed by atoms with Crippen LogP contribution in [-0.2, 0) is 7.05 Å². The number of aryl methyl sites for hydroxylation is 1. The number of nitrogens with two attached hydrogens (primary N) is 1. The normalized spacial score (nSPS) is 23.1. The van der Waals surface area contributed by atoms with E-state index in [0.29, 0.717) is 29.0 Å². The topological polar surface area (TPSA) is 106 Å². The van der Waals surface area contributed by atoms with Crippen molar-refractivity contribution in [1.82, 2.24) is 25.2 Å². The van der Waals surface area contributed by atoms with Crippen LogP contribution in [0.4, 0.5) is 11.8 Å². The highest BCUT2D eigenvalue weighted by Gasteiger charge is 2.12. The molecule has 0 bridgehead atoms. The van der Waals surface area contributed by atoms with Gasteiger partial charge in [-0.1, -0.05) is 17.7 Å². The van der Waals surface area contributed by atoms with E-state index >= 15 is 0 Å². The number of nitrogens with zero attached hydrogens (tertiary/aromatic N) is 5. The van der Waals surface area contributed by atoms with Gasteiger partial charge >= 0.3 is 0 Å². The zero-order valence-electron chi connectivity index (χ0n) is 13.9. The molecular formula is C16H19ClN8. The molecule has 0 spiro atoms. The van der Waals surface area contributed by atoms with Crippen molar-refractivity contribution in [2.75, 3.05) is 11.1 Å². The van der Waals surface area contributed by atoms with Gasteiger partial charge in [-0.05, 0) is 25.1 Å². The number of anilines is 2. The Morgan fingerprint density at radius 1 is 1.40 bits per heavy atom. The van der Waals surface area contributed by atoms with Gasteiger partial charge in [-0.15, -0.1) is 5.10 Å². The van der Waals surface area contributed by atoms with E-state index in [1.165, 1.54) is 0 Å². The van der Waals surface area contributed by atoms with Gasteiger partial charge in [0.25, 0.3) is 0 Å². The molecular weight excluding hydrogens is 340 g/mol. The van der Waals surface area contributed by atoms with E-state index in [4.69, 9.17) is 17.3 Å². The Morgan fingerprint density at radius 3 is 3.00 bits per heavy atom. The second kappa shape index (κ2) is 7.35. The summed E-state index contributed by atoms with van der Waals surface area (Å²) in [6.07, 6.45) is 7.77. The van der Waals surface area contributed by atoms with Gasteiger partial charge < -0.3 is 16.5 Å². The van der Waals surface area contributed by atoms with Crippen molar-refractivity contribution >= 4 is 29.6 Å². The van der Waals surface area contributed by atoms with Crippen LogP contribution in [0, 0.1) is 0 Å². The fourth-order valence-corrected chi connectivity index (χ4v) is 2.34. The van der Waals surface area contributed by atoms with E-state index in [1.54, 1.807) is 23.2 Å². The SMILES string of the molecule is CC1/C=C\C(Nc2nc(-c3ccc(N)nc3)nn2C)=C(\Cl)C/C=N\N1. The van der Waals surface area contributed by atoms with E-state index in [1.807, 2.05) is 32.2 Å². The van der Waals surface area contributed by atoms with Gasteiger partial charge in [0.15, 0.2) is 5.82 Å². The number of nitrogens with one attached hydrogen (secondary N) is 2. The molecule has 8 nitrogen and oxygen atoms in total. The molecule has 2 aromatic heterocycles. The fraction of sp³-hybridized carbons (Fsp3) is 0.250. The third kappa shape index (κ3) is 4.16. The molecule has 0 saturated heterocycles. The van der Waals surface area contributed by atoms with Crippen LogP contribution in [-0.4, -0.2) is 32.0 Å². The maximum Gasteiger partial charge on any atom is 0.225 e. The quantitative estimate of drug-likeness (QED) is 0.777. The van der Waals surface area contributed by atoms with Crippen molar-refractivity contribution in [2.45, 2.75) is 19.4 Å². The number of hydrazone groups is 1. The molecule has 9 heteroatoms. The second-order valence-corrected chi connectivity index (χ2v) is 6.05. The number of halogens is 1. The number of aromatic nitrogens is 4. The van der Waals surface area contributed by atoms with Crippen LogP contribution < -0.4 is 16.5 Å². The molecule has 0 radical (unpaired) electrons. The van der Waals surface area contributed by atoms with Gasteiger partial charge in [-0.25, -0.2) is 9.67 Å². The van der Waals surface area contributed by atoms with Crippen LogP contribution >= 0.6 is 11.6 Å². The Hall–Kier alpha value is -2.87. The molecule has 1 aliphatic rings. The average molecular weight is 359 g/mol. The van der Waals surface area contributed by atoms with Crippen molar-refractivity contribution in [2.24, 2.45) is 12.1 Å². The number of hydrogen-bond donors (Lipinski definition) is 3. The zero-order valence-corrected chi connectivity index (χ0v) is 14.7. The lowest BCUT2D eigenvalue weighted by atomic mass is 10.2.